The maximum Gasteiger partial charge on any atom is 0.327 e. The monoisotopic (exact) mass is 413 g/mol. The van der Waals surface area contributed by atoms with Crippen LogP contribution in [0.5, 0.6) is 11.5 Å². The van der Waals surface area contributed by atoms with Crippen molar-refractivity contribution in [2.24, 2.45) is 0 Å². The summed E-state index contributed by atoms with van der Waals surface area (Å²) >= 11 is 0. The Morgan fingerprint density at radius 3 is 2.90 bits per heavy atom. The number of anilines is 1. The van der Waals surface area contributed by atoms with Crippen molar-refractivity contribution in [2.45, 2.75) is 25.3 Å². The van der Waals surface area contributed by atoms with E-state index in [9.17, 15) is 9.59 Å². The molecular weight excluding hydrogens is 386 g/mol. The molecule has 2 aliphatic rings. The van der Waals surface area contributed by atoms with Gasteiger partial charge in [0.2, 0.25) is 0 Å². The number of fused-ring (bicyclic) bond motifs is 1. The molecule has 1 aromatic heterocycles. The number of ether oxygens (including phenoxy) is 2. The average molecular weight is 413 g/mol. The lowest BCUT2D eigenvalue weighted by Gasteiger charge is -2.26. The van der Waals surface area contributed by atoms with E-state index in [1.165, 1.54) is 47.5 Å². The molecule has 2 aromatic rings. The molecule has 160 valence electrons. The lowest BCUT2D eigenvalue weighted by Crippen LogP contribution is -2.50. The molecule has 1 N–H and O–H groups in total. The highest BCUT2D eigenvalue weighted by atomic mass is 16.5. The molecule has 3 heterocycles. The normalized spacial score (nSPS) is 19.6. The summed E-state index contributed by atoms with van der Waals surface area (Å²) in [6.45, 7) is 3.80. The predicted molar refractivity (Wildman–Crippen MR) is 111 cm³/mol. The van der Waals surface area contributed by atoms with Gasteiger partial charge in [-0.2, -0.15) is 0 Å². The molecule has 2 aliphatic heterocycles. The molecule has 30 heavy (non-hydrogen) atoms. The van der Waals surface area contributed by atoms with Gasteiger partial charge >= 0.3 is 6.03 Å². The topological polar surface area (TPSA) is 88.9 Å². The number of benzene rings is 1. The Labute approximate surface area is 175 Å². The number of amides is 2. The number of carbonyl (C=O) groups excluding carboxylic acids is 2. The van der Waals surface area contributed by atoms with E-state index >= 15 is 0 Å². The van der Waals surface area contributed by atoms with Gasteiger partial charge < -0.3 is 19.7 Å². The van der Waals surface area contributed by atoms with Gasteiger partial charge in [-0.25, -0.2) is 9.78 Å². The Balaban J connectivity index is 1.39. The van der Waals surface area contributed by atoms with Gasteiger partial charge in [0.25, 0.3) is 5.91 Å². The number of likely N-dealkylation sites (N-methyl/N-ethyl adjacent to an activating group) is 1. The molecular formula is C21H27N5O4. The van der Waals surface area contributed by atoms with Crippen molar-refractivity contribution in [1.29, 1.82) is 0 Å². The van der Waals surface area contributed by atoms with Crippen LogP contribution in [-0.4, -0.2) is 72.3 Å². The quantitative estimate of drug-likeness (QED) is 0.803. The van der Waals surface area contributed by atoms with Crippen LogP contribution in [0.2, 0.25) is 0 Å². The Bertz CT molecular complexity index is 880. The third-order valence-corrected chi connectivity index (χ3v) is 5.49. The number of likely N-dealkylation sites (tertiary alicyclic amines) is 1. The molecule has 9 heteroatoms. The predicted octanol–water partition coefficient (Wildman–Crippen LogP) is 1.73. The van der Waals surface area contributed by atoms with E-state index in [1.54, 1.807) is 13.1 Å². The summed E-state index contributed by atoms with van der Waals surface area (Å²) in [7, 11) is 1.67. The van der Waals surface area contributed by atoms with Crippen LogP contribution in [0, 0.1) is 0 Å². The molecule has 0 saturated carbocycles. The van der Waals surface area contributed by atoms with E-state index < -0.39 is 12.1 Å². The number of rotatable bonds is 5. The molecule has 0 unspecified atom stereocenters. The third-order valence-electron chi connectivity index (χ3n) is 5.49. The van der Waals surface area contributed by atoms with E-state index in [1.807, 2.05) is 12.1 Å². The minimum absolute atomic E-state index is 0.0474. The lowest BCUT2D eigenvalue weighted by molar-refractivity contribution is -0.120. The van der Waals surface area contributed by atoms with Crippen LogP contribution in [-0.2, 0) is 4.79 Å². The summed E-state index contributed by atoms with van der Waals surface area (Å²) in [5, 5.41) is 2.69. The minimum Gasteiger partial charge on any atom is -0.492 e. The second-order valence-corrected chi connectivity index (χ2v) is 7.56. The molecule has 1 saturated heterocycles. The molecule has 4 rings (SSSR count). The summed E-state index contributed by atoms with van der Waals surface area (Å²) in [5.41, 5.74) is 0.620. The molecule has 0 aliphatic carbocycles. The SMILES string of the molecule is CN1C(=O)[C@@H](NC(=O)n2ccnc2)COc2ccc(OCCN3CCCCC3)cc21. The maximum atomic E-state index is 12.9. The number of hydrogen-bond acceptors (Lipinski definition) is 6. The fraction of sp³-hybridized carbons (Fsp3) is 0.476. The average Bonchev–Trinajstić information content (AvgIpc) is 3.28. The lowest BCUT2D eigenvalue weighted by atomic mass is 10.1. The van der Waals surface area contributed by atoms with Crippen molar-refractivity contribution < 1.29 is 19.1 Å². The van der Waals surface area contributed by atoms with Crippen molar-refractivity contribution in [3.8, 4) is 11.5 Å². The first kappa shape index (κ1) is 20.2. The summed E-state index contributed by atoms with van der Waals surface area (Å²) in [6.07, 6.45) is 8.21. The van der Waals surface area contributed by atoms with Crippen molar-refractivity contribution >= 4 is 17.6 Å². The van der Waals surface area contributed by atoms with E-state index in [0.717, 1.165) is 19.6 Å². The molecule has 0 radical (unpaired) electrons. The second-order valence-electron chi connectivity index (χ2n) is 7.56. The molecule has 0 bridgehead atoms. The largest absolute Gasteiger partial charge is 0.492 e. The van der Waals surface area contributed by atoms with Crippen LogP contribution >= 0.6 is 0 Å². The minimum atomic E-state index is -0.805. The number of piperidine rings is 1. The number of nitrogens with zero attached hydrogens (tertiary/aromatic N) is 4. The molecule has 1 aromatic carbocycles. The van der Waals surface area contributed by atoms with Crippen LogP contribution < -0.4 is 19.7 Å². The number of nitrogens with one attached hydrogen (secondary N) is 1. The van der Waals surface area contributed by atoms with Crippen LogP contribution in [0.25, 0.3) is 0 Å². The van der Waals surface area contributed by atoms with Crippen molar-refractivity contribution in [1.82, 2.24) is 19.8 Å². The molecule has 2 amide bonds. The summed E-state index contributed by atoms with van der Waals surface area (Å²) in [4.78, 5) is 32.9. The van der Waals surface area contributed by atoms with E-state index in [-0.39, 0.29) is 12.5 Å². The van der Waals surface area contributed by atoms with Crippen LogP contribution in [0.4, 0.5) is 10.5 Å². The van der Waals surface area contributed by atoms with Gasteiger partial charge in [0.15, 0.2) is 0 Å². The number of hydrogen-bond donors (Lipinski definition) is 1. The van der Waals surface area contributed by atoms with Crippen molar-refractivity contribution in [2.75, 3.05) is 44.8 Å². The van der Waals surface area contributed by atoms with Crippen molar-refractivity contribution in [3.63, 3.8) is 0 Å². The highest BCUT2D eigenvalue weighted by Crippen LogP contribution is 2.34. The Morgan fingerprint density at radius 1 is 1.30 bits per heavy atom. The smallest absolute Gasteiger partial charge is 0.327 e. The van der Waals surface area contributed by atoms with E-state index in [0.29, 0.717) is 23.8 Å². The van der Waals surface area contributed by atoms with Gasteiger partial charge in [0, 0.05) is 32.1 Å². The zero-order valence-corrected chi connectivity index (χ0v) is 17.1. The van der Waals surface area contributed by atoms with Crippen molar-refractivity contribution in [3.05, 3.63) is 36.9 Å². The summed E-state index contributed by atoms with van der Waals surface area (Å²) in [6, 6.07) is 4.22. The molecule has 1 fully saturated rings. The number of imidazole rings is 1. The molecule has 0 spiro atoms. The van der Waals surface area contributed by atoms with E-state index in [4.69, 9.17) is 9.47 Å². The summed E-state index contributed by atoms with van der Waals surface area (Å²) < 4.78 is 13.0. The third kappa shape index (κ3) is 4.56. The highest BCUT2D eigenvalue weighted by Gasteiger charge is 2.31. The second kappa shape index (κ2) is 9.17. The van der Waals surface area contributed by atoms with Gasteiger partial charge in [0.05, 0.1) is 5.69 Å². The number of carbonyl (C=O) groups is 2. The van der Waals surface area contributed by atoms with Gasteiger partial charge in [-0.05, 0) is 38.1 Å². The van der Waals surface area contributed by atoms with Gasteiger partial charge in [0.1, 0.15) is 37.1 Å². The molecule has 1 atom stereocenters. The number of aromatic nitrogens is 2. The Kier molecular flexibility index (Phi) is 6.18. The van der Waals surface area contributed by atoms with Crippen LogP contribution in [0.1, 0.15) is 19.3 Å². The first-order valence-corrected chi connectivity index (χ1v) is 10.3. The molecule has 9 nitrogen and oxygen atoms in total. The fourth-order valence-corrected chi connectivity index (χ4v) is 3.75. The van der Waals surface area contributed by atoms with Gasteiger partial charge in [-0.1, -0.05) is 6.42 Å². The van der Waals surface area contributed by atoms with E-state index in [2.05, 4.69) is 15.2 Å². The Morgan fingerprint density at radius 2 is 2.13 bits per heavy atom. The first-order chi connectivity index (χ1) is 14.6. The fourth-order valence-electron chi connectivity index (χ4n) is 3.75. The zero-order valence-electron chi connectivity index (χ0n) is 17.1. The van der Waals surface area contributed by atoms with Crippen LogP contribution in [0.3, 0.4) is 0 Å². The highest BCUT2D eigenvalue weighted by molar-refractivity contribution is 6.00. The maximum absolute atomic E-state index is 12.9. The first-order valence-electron chi connectivity index (χ1n) is 10.3. The van der Waals surface area contributed by atoms with Gasteiger partial charge in [-0.15, -0.1) is 0 Å². The zero-order chi connectivity index (χ0) is 20.9. The van der Waals surface area contributed by atoms with Gasteiger partial charge in [-0.3, -0.25) is 14.3 Å². The van der Waals surface area contributed by atoms with Crippen LogP contribution in [0.15, 0.2) is 36.9 Å². The summed E-state index contributed by atoms with van der Waals surface area (Å²) in [5.74, 6) is 1.01. The Hall–Kier alpha value is -3.07. The standard InChI is InChI=1S/C21H27N5O4/c1-24-18-13-16(29-12-11-25-8-3-2-4-9-25)5-6-19(18)30-14-17(20(24)27)23-21(28)26-10-7-22-15-26/h5-7,10,13,15,17H,2-4,8-9,11-12,14H2,1H3,(H,23,28)/t17-/m0/s1.